The molecule has 0 aliphatic rings. The number of sulfonamides is 1. The van der Waals surface area contributed by atoms with E-state index in [0.717, 1.165) is 18.2 Å². The van der Waals surface area contributed by atoms with E-state index in [-0.39, 0.29) is 0 Å². The van der Waals surface area contributed by atoms with Crippen molar-refractivity contribution in [2.45, 2.75) is 17.7 Å². The lowest BCUT2D eigenvalue weighted by atomic mass is 10.0. The molecule has 0 bridgehead atoms. The van der Waals surface area contributed by atoms with Crippen LogP contribution in [0.3, 0.4) is 0 Å². The Balaban J connectivity index is 2.31. The van der Waals surface area contributed by atoms with Crippen LogP contribution in [0.5, 0.6) is 0 Å². The highest BCUT2D eigenvalue weighted by Crippen LogP contribution is 2.20. The van der Waals surface area contributed by atoms with Crippen LogP contribution in [0, 0.1) is 17.1 Å². The molecule has 1 N–H and O–H groups in total. The highest BCUT2D eigenvalue weighted by Gasteiger charge is 2.26. The van der Waals surface area contributed by atoms with E-state index >= 15 is 0 Å². The van der Waals surface area contributed by atoms with Gasteiger partial charge in [-0.3, -0.25) is 4.79 Å². The fraction of sp³-hybridized carbons (Fsp3) is 0.125. The van der Waals surface area contributed by atoms with Crippen molar-refractivity contribution >= 4 is 15.9 Å². The maximum absolute atomic E-state index is 13.5. The molecule has 1 atom stereocenters. The van der Waals surface area contributed by atoms with E-state index in [1.54, 1.807) is 37.3 Å². The monoisotopic (exact) mass is 332 g/mol. The molecule has 0 saturated carbocycles. The van der Waals surface area contributed by atoms with Gasteiger partial charge in [-0.2, -0.15) is 5.26 Å². The highest BCUT2D eigenvalue weighted by molar-refractivity contribution is 7.90. The second-order valence-corrected chi connectivity index (χ2v) is 6.48. The third-order valence-corrected chi connectivity index (χ3v) is 4.69. The van der Waals surface area contributed by atoms with Crippen LogP contribution in [-0.2, 0) is 14.8 Å². The van der Waals surface area contributed by atoms with Gasteiger partial charge in [-0.25, -0.2) is 17.5 Å². The van der Waals surface area contributed by atoms with Gasteiger partial charge < -0.3 is 0 Å². The summed E-state index contributed by atoms with van der Waals surface area (Å²) in [5.41, 5.74) is 0.0140. The number of carbonyl (C=O) groups is 1. The van der Waals surface area contributed by atoms with Crippen molar-refractivity contribution in [3.05, 3.63) is 65.5 Å². The van der Waals surface area contributed by atoms with Gasteiger partial charge in [-0.15, -0.1) is 0 Å². The Bertz CT molecular complexity index is 874. The van der Waals surface area contributed by atoms with Crippen LogP contribution in [-0.4, -0.2) is 14.3 Å². The number of rotatable bonds is 4. The highest BCUT2D eigenvalue weighted by atomic mass is 32.2. The number of halogens is 1. The van der Waals surface area contributed by atoms with Crippen molar-refractivity contribution in [3.8, 4) is 6.07 Å². The first-order chi connectivity index (χ1) is 10.9. The summed E-state index contributed by atoms with van der Waals surface area (Å²) in [6.07, 6.45) is 0. The number of hydrogen-bond donors (Lipinski definition) is 1. The maximum Gasteiger partial charge on any atom is 0.265 e. The van der Waals surface area contributed by atoms with Gasteiger partial charge in [0.05, 0.1) is 5.92 Å². The Labute approximate surface area is 133 Å². The van der Waals surface area contributed by atoms with Gasteiger partial charge in [0.1, 0.15) is 22.3 Å². The molecule has 0 aliphatic heterocycles. The number of nitriles is 1. The molecule has 1 amide bonds. The first-order valence-corrected chi connectivity index (χ1v) is 8.15. The van der Waals surface area contributed by atoms with E-state index in [2.05, 4.69) is 0 Å². The third kappa shape index (κ3) is 3.55. The molecule has 118 valence electrons. The number of benzene rings is 2. The Kier molecular flexibility index (Phi) is 4.77. The summed E-state index contributed by atoms with van der Waals surface area (Å²) in [6, 6.07) is 13.3. The van der Waals surface area contributed by atoms with Gasteiger partial charge in [0, 0.05) is 0 Å². The molecule has 2 aromatic rings. The Hall–Kier alpha value is -2.72. The van der Waals surface area contributed by atoms with Gasteiger partial charge in [0.2, 0.25) is 5.91 Å². The van der Waals surface area contributed by atoms with E-state index in [0.29, 0.717) is 5.56 Å². The van der Waals surface area contributed by atoms with E-state index in [1.807, 2.05) is 4.72 Å². The third-order valence-electron chi connectivity index (χ3n) is 3.30. The van der Waals surface area contributed by atoms with Crippen LogP contribution in [0.4, 0.5) is 4.39 Å². The molecule has 0 fully saturated rings. The molecule has 0 unspecified atom stereocenters. The van der Waals surface area contributed by atoms with Crippen LogP contribution >= 0.6 is 0 Å². The normalized spacial score (nSPS) is 12.2. The number of nitrogens with zero attached hydrogens (tertiary/aromatic N) is 1. The van der Waals surface area contributed by atoms with E-state index in [1.165, 1.54) is 6.07 Å². The molecule has 0 aliphatic carbocycles. The molecule has 23 heavy (non-hydrogen) atoms. The zero-order valence-electron chi connectivity index (χ0n) is 12.2. The molecule has 0 saturated heterocycles. The number of nitrogens with one attached hydrogen (secondary N) is 1. The topological polar surface area (TPSA) is 87.0 Å². The fourth-order valence-corrected chi connectivity index (χ4v) is 3.23. The fourth-order valence-electron chi connectivity index (χ4n) is 2.01. The van der Waals surface area contributed by atoms with Crippen LogP contribution in [0.1, 0.15) is 24.0 Å². The van der Waals surface area contributed by atoms with Crippen molar-refractivity contribution in [1.29, 1.82) is 5.26 Å². The summed E-state index contributed by atoms with van der Waals surface area (Å²) in [5.74, 6) is -2.44. The van der Waals surface area contributed by atoms with Crippen molar-refractivity contribution < 1.29 is 17.6 Å². The molecule has 2 aromatic carbocycles. The molecule has 0 radical (unpaired) electrons. The summed E-state index contributed by atoms with van der Waals surface area (Å²) in [6.45, 7) is 1.55. The van der Waals surface area contributed by atoms with Crippen LogP contribution < -0.4 is 4.72 Å². The predicted molar refractivity (Wildman–Crippen MR) is 81.3 cm³/mol. The van der Waals surface area contributed by atoms with Crippen LogP contribution in [0.2, 0.25) is 0 Å². The first-order valence-electron chi connectivity index (χ1n) is 6.67. The number of hydrogen-bond acceptors (Lipinski definition) is 4. The molecule has 0 aromatic heterocycles. The standard InChI is InChI=1S/C16H13FN2O3S/c1-11(12-6-3-2-4-7-12)16(20)19-23(21,22)15-9-5-8-14(17)13(15)10-18/h2-9,11H,1H3,(H,19,20)/t11-/m0/s1. The minimum Gasteiger partial charge on any atom is -0.273 e. The molecule has 7 heteroatoms. The second-order valence-electron chi connectivity index (χ2n) is 4.83. The SMILES string of the molecule is C[C@H](C(=O)NS(=O)(=O)c1cccc(F)c1C#N)c1ccccc1. The molecule has 5 nitrogen and oxygen atoms in total. The zero-order chi connectivity index (χ0) is 17.0. The maximum atomic E-state index is 13.5. The Morgan fingerprint density at radius 3 is 2.43 bits per heavy atom. The van der Waals surface area contributed by atoms with Crippen molar-refractivity contribution in [3.63, 3.8) is 0 Å². The smallest absolute Gasteiger partial charge is 0.265 e. The number of carbonyl (C=O) groups excluding carboxylic acids is 1. The second kappa shape index (κ2) is 6.58. The Morgan fingerprint density at radius 1 is 1.17 bits per heavy atom. The first kappa shape index (κ1) is 16.6. The number of amides is 1. The largest absolute Gasteiger partial charge is 0.273 e. The van der Waals surface area contributed by atoms with E-state index in [4.69, 9.17) is 5.26 Å². The lowest BCUT2D eigenvalue weighted by molar-refractivity contribution is -0.120. The lowest BCUT2D eigenvalue weighted by Gasteiger charge is -2.13. The van der Waals surface area contributed by atoms with Gasteiger partial charge in [0.25, 0.3) is 10.0 Å². The average molecular weight is 332 g/mol. The average Bonchev–Trinajstić information content (AvgIpc) is 2.54. The molecular weight excluding hydrogens is 319 g/mol. The lowest BCUT2D eigenvalue weighted by Crippen LogP contribution is -2.34. The van der Waals surface area contributed by atoms with E-state index < -0.39 is 38.1 Å². The Morgan fingerprint density at radius 2 is 1.83 bits per heavy atom. The van der Waals surface area contributed by atoms with Crippen LogP contribution in [0.25, 0.3) is 0 Å². The molecule has 2 rings (SSSR count). The minimum absolute atomic E-state index is 0.561. The van der Waals surface area contributed by atoms with Crippen molar-refractivity contribution in [1.82, 2.24) is 4.72 Å². The van der Waals surface area contributed by atoms with E-state index in [9.17, 15) is 17.6 Å². The van der Waals surface area contributed by atoms with Gasteiger partial charge >= 0.3 is 0 Å². The molecular formula is C16H13FN2O3S. The summed E-state index contributed by atoms with van der Waals surface area (Å²) in [4.78, 5) is 11.6. The van der Waals surface area contributed by atoms with Crippen LogP contribution in [0.15, 0.2) is 53.4 Å². The predicted octanol–water partition coefficient (Wildman–Crippen LogP) is 2.31. The van der Waals surface area contributed by atoms with Crippen molar-refractivity contribution in [2.24, 2.45) is 0 Å². The summed E-state index contributed by atoms with van der Waals surface area (Å²) < 4.78 is 40.0. The van der Waals surface area contributed by atoms with Gasteiger partial charge in [-0.05, 0) is 24.6 Å². The minimum atomic E-state index is -4.34. The van der Waals surface area contributed by atoms with Gasteiger partial charge in [-0.1, -0.05) is 36.4 Å². The van der Waals surface area contributed by atoms with Crippen molar-refractivity contribution in [2.75, 3.05) is 0 Å². The quantitative estimate of drug-likeness (QED) is 0.931. The summed E-state index contributed by atoms with van der Waals surface area (Å²) in [5, 5.41) is 8.92. The zero-order valence-corrected chi connectivity index (χ0v) is 13.0. The molecule has 0 heterocycles. The molecule has 0 spiro atoms. The summed E-state index contributed by atoms with van der Waals surface area (Å²) >= 11 is 0. The van der Waals surface area contributed by atoms with Gasteiger partial charge in [0.15, 0.2) is 0 Å². The summed E-state index contributed by atoms with van der Waals surface area (Å²) in [7, 11) is -4.34.